The average molecular weight is 281 g/mol. The number of piperidine rings is 1. The van der Waals surface area contributed by atoms with Crippen LogP contribution >= 0.6 is 0 Å². The highest BCUT2D eigenvalue weighted by atomic mass is 16.2. The van der Waals surface area contributed by atoms with Gasteiger partial charge >= 0.3 is 0 Å². The van der Waals surface area contributed by atoms with E-state index < -0.39 is 0 Å². The van der Waals surface area contributed by atoms with Gasteiger partial charge in [-0.15, -0.1) is 0 Å². The summed E-state index contributed by atoms with van der Waals surface area (Å²) in [5.74, 6) is 0.796. The highest BCUT2D eigenvalue weighted by Gasteiger charge is 2.27. The average Bonchev–Trinajstić information content (AvgIpc) is 2.92. The van der Waals surface area contributed by atoms with Crippen LogP contribution < -0.4 is 10.6 Å². The molecule has 2 heterocycles. The van der Waals surface area contributed by atoms with Gasteiger partial charge < -0.3 is 15.5 Å². The first kappa shape index (κ1) is 15.3. The molecule has 0 radical (unpaired) electrons. The Bertz CT molecular complexity index is 343. The van der Waals surface area contributed by atoms with Crippen LogP contribution in [0.4, 0.5) is 0 Å². The van der Waals surface area contributed by atoms with Gasteiger partial charge in [0.2, 0.25) is 11.8 Å². The van der Waals surface area contributed by atoms with Crippen molar-refractivity contribution in [2.24, 2.45) is 5.92 Å². The van der Waals surface area contributed by atoms with Gasteiger partial charge in [-0.05, 0) is 38.1 Å². The van der Waals surface area contributed by atoms with E-state index >= 15 is 0 Å². The monoisotopic (exact) mass is 281 g/mol. The molecule has 1 unspecified atom stereocenters. The second-order valence-corrected chi connectivity index (χ2v) is 6.41. The first-order valence-electron chi connectivity index (χ1n) is 7.88. The summed E-state index contributed by atoms with van der Waals surface area (Å²) in [4.78, 5) is 25.9. The third kappa shape index (κ3) is 4.20. The Hall–Kier alpha value is -1.10. The fraction of sp³-hybridized carbons (Fsp3) is 0.867. The molecule has 2 aliphatic heterocycles. The summed E-state index contributed by atoms with van der Waals surface area (Å²) in [6.45, 7) is 6.63. The second kappa shape index (κ2) is 7.07. The molecule has 0 aromatic rings. The lowest BCUT2D eigenvalue weighted by Gasteiger charge is -2.33. The Morgan fingerprint density at radius 3 is 2.50 bits per heavy atom. The molecule has 2 N–H and O–H groups in total. The van der Waals surface area contributed by atoms with Gasteiger partial charge in [0.15, 0.2) is 0 Å². The topological polar surface area (TPSA) is 61.4 Å². The molecule has 2 rings (SSSR count). The van der Waals surface area contributed by atoms with E-state index in [1.54, 1.807) is 0 Å². The molecular formula is C15H27N3O2. The van der Waals surface area contributed by atoms with Crippen molar-refractivity contribution >= 4 is 11.8 Å². The second-order valence-electron chi connectivity index (χ2n) is 6.41. The lowest BCUT2D eigenvalue weighted by molar-refractivity contribution is -0.133. The van der Waals surface area contributed by atoms with Gasteiger partial charge in [-0.25, -0.2) is 0 Å². The van der Waals surface area contributed by atoms with Crippen molar-refractivity contribution in [1.82, 2.24) is 15.5 Å². The summed E-state index contributed by atoms with van der Waals surface area (Å²) in [6, 6.07) is 0.226. The molecule has 0 spiro atoms. The highest BCUT2D eigenvalue weighted by molar-refractivity contribution is 5.82. The molecule has 0 aromatic heterocycles. The van der Waals surface area contributed by atoms with Gasteiger partial charge in [0.05, 0.1) is 6.04 Å². The third-order valence-corrected chi connectivity index (χ3v) is 4.15. The smallest absolute Gasteiger partial charge is 0.237 e. The van der Waals surface area contributed by atoms with Crippen molar-refractivity contribution in [2.75, 3.05) is 19.6 Å². The minimum absolute atomic E-state index is 0.00407. The van der Waals surface area contributed by atoms with Crippen molar-refractivity contribution in [3.63, 3.8) is 0 Å². The van der Waals surface area contributed by atoms with Gasteiger partial charge in [-0.2, -0.15) is 0 Å². The lowest BCUT2D eigenvalue weighted by atomic mass is 10.0. The number of rotatable bonds is 4. The number of nitrogens with zero attached hydrogens (tertiary/aromatic N) is 1. The van der Waals surface area contributed by atoms with Gasteiger partial charge in [-0.1, -0.05) is 13.8 Å². The van der Waals surface area contributed by atoms with Crippen LogP contribution in [0.15, 0.2) is 0 Å². The maximum atomic E-state index is 12.0. The molecule has 0 bridgehead atoms. The fourth-order valence-corrected chi connectivity index (χ4v) is 2.96. The van der Waals surface area contributed by atoms with Crippen LogP contribution in [0.3, 0.4) is 0 Å². The first-order valence-corrected chi connectivity index (χ1v) is 7.88. The Morgan fingerprint density at radius 1 is 1.25 bits per heavy atom. The van der Waals surface area contributed by atoms with Crippen molar-refractivity contribution in [3.05, 3.63) is 0 Å². The number of carbonyl (C=O) groups is 2. The van der Waals surface area contributed by atoms with Crippen LogP contribution in [0.1, 0.15) is 46.0 Å². The summed E-state index contributed by atoms with van der Waals surface area (Å²) >= 11 is 0. The summed E-state index contributed by atoms with van der Waals surface area (Å²) in [5.41, 5.74) is 0. The van der Waals surface area contributed by atoms with Crippen LogP contribution in [0, 0.1) is 5.92 Å². The Kier molecular flexibility index (Phi) is 5.40. The molecule has 2 fully saturated rings. The third-order valence-electron chi connectivity index (χ3n) is 4.15. The summed E-state index contributed by atoms with van der Waals surface area (Å²) in [7, 11) is 0. The van der Waals surface area contributed by atoms with Crippen molar-refractivity contribution in [1.29, 1.82) is 0 Å². The van der Waals surface area contributed by atoms with Gasteiger partial charge in [0.1, 0.15) is 0 Å². The molecule has 2 amide bonds. The molecule has 20 heavy (non-hydrogen) atoms. The van der Waals surface area contributed by atoms with Gasteiger partial charge in [0.25, 0.3) is 0 Å². The SMILES string of the molecule is CC(C)CC(=O)N1CCC(NC(=O)C2CCCN2)CC1. The van der Waals surface area contributed by atoms with E-state index in [0.717, 1.165) is 45.3 Å². The van der Waals surface area contributed by atoms with Crippen LogP contribution in [0.5, 0.6) is 0 Å². The quantitative estimate of drug-likeness (QED) is 0.804. The number of amides is 2. The molecule has 0 aliphatic carbocycles. The van der Waals surface area contributed by atoms with Gasteiger partial charge in [0, 0.05) is 25.6 Å². The van der Waals surface area contributed by atoms with Crippen molar-refractivity contribution in [2.45, 2.75) is 58.0 Å². The number of hydrogen-bond acceptors (Lipinski definition) is 3. The van der Waals surface area contributed by atoms with E-state index in [1.807, 2.05) is 4.90 Å². The summed E-state index contributed by atoms with van der Waals surface area (Å²) in [5, 5.41) is 6.34. The van der Waals surface area contributed by atoms with E-state index in [9.17, 15) is 9.59 Å². The molecular weight excluding hydrogens is 254 g/mol. The van der Waals surface area contributed by atoms with E-state index in [-0.39, 0.29) is 23.9 Å². The number of likely N-dealkylation sites (tertiary alicyclic amines) is 1. The Balaban J connectivity index is 1.71. The molecule has 1 atom stereocenters. The zero-order valence-electron chi connectivity index (χ0n) is 12.7. The zero-order valence-corrected chi connectivity index (χ0v) is 12.7. The maximum Gasteiger partial charge on any atom is 0.237 e. The largest absolute Gasteiger partial charge is 0.352 e. The predicted octanol–water partition coefficient (Wildman–Crippen LogP) is 0.892. The molecule has 0 aromatic carbocycles. The maximum absolute atomic E-state index is 12.0. The molecule has 5 nitrogen and oxygen atoms in total. The predicted molar refractivity (Wildman–Crippen MR) is 78.2 cm³/mol. The summed E-state index contributed by atoms with van der Waals surface area (Å²) < 4.78 is 0. The Morgan fingerprint density at radius 2 is 1.95 bits per heavy atom. The fourth-order valence-electron chi connectivity index (χ4n) is 2.96. The van der Waals surface area contributed by atoms with Crippen molar-refractivity contribution < 1.29 is 9.59 Å². The number of nitrogens with one attached hydrogen (secondary N) is 2. The van der Waals surface area contributed by atoms with E-state index in [0.29, 0.717) is 12.3 Å². The summed E-state index contributed by atoms with van der Waals surface area (Å²) in [6.07, 6.45) is 4.41. The van der Waals surface area contributed by atoms with Crippen LogP contribution in [-0.4, -0.2) is 48.4 Å². The molecule has 5 heteroatoms. The molecule has 0 saturated carbocycles. The number of hydrogen-bond donors (Lipinski definition) is 2. The van der Waals surface area contributed by atoms with E-state index in [1.165, 1.54) is 0 Å². The first-order chi connectivity index (χ1) is 9.56. The highest BCUT2D eigenvalue weighted by Crippen LogP contribution is 2.14. The zero-order chi connectivity index (χ0) is 14.5. The normalized spacial score (nSPS) is 24.1. The van der Waals surface area contributed by atoms with E-state index in [2.05, 4.69) is 24.5 Å². The van der Waals surface area contributed by atoms with E-state index in [4.69, 9.17) is 0 Å². The van der Waals surface area contributed by atoms with Crippen molar-refractivity contribution in [3.8, 4) is 0 Å². The lowest BCUT2D eigenvalue weighted by Crippen LogP contribution is -2.50. The minimum Gasteiger partial charge on any atom is -0.352 e. The van der Waals surface area contributed by atoms with Crippen LogP contribution in [0.25, 0.3) is 0 Å². The Labute approximate surface area is 121 Å². The standard InChI is InChI=1S/C15H27N3O2/c1-11(2)10-14(19)18-8-5-12(6-9-18)17-15(20)13-4-3-7-16-13/h11-13,16H,3-10H2,1-2H3,(H,17,20). The molecule has 114 valence electrons. The molecule has 2 aliphatic rings. The molecule has 2 saturated heterocycles. The number of carbonyl (C=O) groups excluding carboxylic acids is 2. The van der Waals surface area contributed by atoms with Crippen LogP contribution in [0.2, 0.25) is 0 Å². The van der Waals surface area contributed by atoms with Crippen LogP contribution in [-0.2, 0) is 9.59 Å². The minimum atomic E-state index is -0.00407. The van der Waals surface area contributed by atoms with Gasteiger partial charge in [-0.3, -0.25) is 9.59 Å².